The van der Waals surface area contributed by atoms with Crippen molar-refractivity contribution in [3.05, 3.63) is 64.7 Å². The van der Waals surface area contributed by atoms with Crippen molar-refractivity contribution in [2.24, 2.45) is 0 Å². The van der Waals surface area contributed by atoms with E-state index in [1.54, 1.807) is 6.07 Å². The molecule has 6 nitrogen and oxygen atoms in total. The van der Waals surface area contributed by atoms with E-state index in [2.05, 4.69) is 15.0 Å². The zero-order valence-electron chi connectivity index (χ0n) is 21.1. The molecule has 3 aliphatic rings. The van der Waals surface area contributed by atoms with Crippen molar-refractivity contribution in [1.29, 1.82) is 0 Å². The molecule has 2 aromatic carbocycles. The molecule has 2 saturated heterocycles. The molecule has 1 unspecified atom stereocenters. The summed E-state index contributed by atoms with van der Waals surface area (Å²) < 4.78 is 75.0. The van der Waals surface area contributed by atoms with Gasteiger partial charge in [-0.25, -0.2) is 9.37 Å². The highest BCUT2D eigenvalue weighted by Crippen LogP contribution is 2.51. The summed E-state index contributed by atoms with van der Waals surface area (Å²) in [6.07, 6.45) is -2.36. The molecule has 1 spiro atoms. The SMILES string of the molecule is Cc1cc(F)c2nc(N3CCC4(CC3)COC(c3c(-c5ccccc5C(F)(F)F)noc3C3CC3)O4)sc2c1. The lowest BCUT2D eigenvalue weighted by atomic mass is 9.92. The smallest absolute Gasteiger partial charge is 0.360 e. The van der Waals surface area contributed by atoms with Gasteiger partial charge in [0.1, 0.15) is 17.0 Å². The van der Waals surface area contributed by atoms with Crippen LogP contribution in [-0.4, -0.2) is 35.4 Å². The molecule has 39 heavy (non-hydrogen) atoms. The van der Waals surface area contributed by atoms with Gasteiger partial charge in [-0.2, -0.15) is 13.2 Å². The van der Waals surface area contributed by atoms with E-state index in [1.165, 1.54) is 29.5 Å². The van der Waals surface area contributed by atoms with E-state index in [1.807, 2.05) is 13.0 Å². The molecule has 2 aromatic heterocycles. The zero-order chi connectivity index (χ0) is 26.9. The van der Waals surface area contributed by atoms with E-state index in [-0.39, 0.29) is 23.0 Å². The molecular weight excluding hydrogens is 534 g/mol. The highest BCUT2D eigenvalue weighted by molar-refractivity contribution is 7.22. The van der Waals surface area contributed by atoms with Gasteiger partial charge in [0.2, 0.25) is 0 Å². The highest BCUT2D eigenvalue weighted by atomic mass is 32.1. The molecule has 0 bridgehead atoms. The predicted molar refractivity (Wildman–Crippen MR) is 137 cm³/mol. The predicted octanol–water partition coefficient (Wildman–Crippen LogP) is 7.38. The quantitative estimate of drug-likeness (QED) is 0.243. The van der Waals surface area contributed by atoms with Gasteiger partial charge in [0.15, 0.2) is 17.2 Å². The van der Waals surface area contributed by atoms with Crippen molar-refractivity contribution < 1.29 is 31.6 Å². The fourth-order valence-electron chi connectivity index (χ4n) is 5.58. The summed E-state index contributed by atoms with van der Waals surface area (Å²) in [4.78, 5) is 6.67. The van der Waals surface area contributed by atoms with E-state index >= 15 is 0 Å². The van der Waals surface area contributed by atoms with Crippen LogP contribution in [0.1, 0.15) is 60.3 Å². The maximum absolute atomic E-state index is 14.4. The Hall–Kier alpha value is -3.02. The number of benzene rings is 2. The average Bonchev–Trinajstić information content (AvgIpc) is 3.31. The molecular formula is C28H25F4N3O3S. The number of ether oxygens (including phenoxy) is 2. The molecule has 1 saturated carbocycles. The maximum atomic E-state index is 14.4. The van der Waals surface area contributed by atoms with E-state index in [9.17, 15) is 17.6 Å². The third kappa shape index (κ3) is 4.40. The lowest BCUT2D eigenvalue weighted by molar-refractivity contribution is -0.137. The minimum Gasteiger partial charge on any atom is -0.360 e. The standard InChI is InChI=1S/C28H25F4N3O3S/c1-15-12-19(29)23-20(13-15)39-26(33-23)35-10-8-27(9-11-35)14-36-25(37-27)21-22(34-38-24(21)16-6-7-16)17-4-2-3-5-18(17)28(30,31)32/h2-5,12-13,16,25H,6-11,14H2,1H3. The number of piperidine rings is 1. The summed E-state index contributed by atoms with van der Waals surface area (Å²) in [5.41, 5.74) is 0.419. The Kier molecular flexibility index (Phi) is 5.77. The molecule has 0 amide bonds. The number of anilines is 1. The van der Waals surface area contributed by atoms with Crippen molar-refractivity contribution in [3.8, 4) is 11.3 Å². The number of hydrogen-bond acceptors (Lipinski definition) is 7. The van der Waals surface area contributed by atoms with Crippen LogP contribution >= 0.6 is 11.3 Å². The summed E-state index contributed by atoms with van der Waals surface area (Å²) in [5, 5.41) is 4.87. The summed E-state index contributed by atoms with van der Waals surface area (Å²) in [5.74, 6) is 0.334. The van der Waals surface area contributed by atoms with Crippen molar-refractivity contribution in [2.75, 3.05) is 24.6 Å². The number of halogens is 4. The van der Waals surface area contributed by atoms with Crippen LogP contribution in [0.4, 0.5) is 22.7 Å². The zero-order valence-corrected chi connectivity index (χ0v) is 21.9. The number of aryl methyl sites for hydroxylation is 1. The average molecular weight is 560 g/mol. The van der Waals surface area contributed by atoms with Crippen molar-refractivity contribution >= 4 is 26.7 Å². The second-order valence-electron chi connectivity index (χ2n) is 10.6. The van der Waals surface area contributed by atoms with Gasteiger partial charge >= 0.3 is 6.18 Å². The Balaban J connectivity index is 1.14. The summed E-state index contributed by atoms with van der Waals surface area (Å²) in [6, 6.07) is 8.81. The monoisotopic (exact) mass is 559 g/mol. The number of aromatic nitrogens is 2. The maximum Gasteiger partial charge on any atom is 0.417 e. The first-order valence-corrected chi connectivity index (χ1v) is 13.8. The first-order valence-electron chi connectivity index (χ1n) is 13.0. The second kappa shape index (κ2) is 9.00. The molecule has 204 valence electrons. The molecule has 2 aliphatic heterocycles. The van der Waals surface area contributed by atoms with Gasteiger partial charge in [-0.05, 0) is 56.4 Å². The van der Waals surface area contributed by atoms with E-state index in [0.717, 1.165) is 34.3 Å². The Morgan fingerprint density at radius 2 is 1.87 bits per heavy atom. The Bertz CT molecular complexity index is 1550. The van der Waals surface area contributed by atoms with E-state index in [0.29, 0.717) is 49.4 Å². The first-order chi connectivity index (χ1) is 18.7. The van der Waals surface area contributed by atoms with Crippen LogP contribution in [0.15, 0.2) is 40.9 Å². The summed E-state index contributed by atoms with van der Waals surface area (Å²) in [6.45, 7) is 3.45. The van der Waals surface area contributed by atoms with E-state index < -0.39 is 23.6 Å². The van der Waals surface area contributed by atoms with Gasteiger partial charge < -0.3 is 18.9 Å². The summed E-state index contributed by atoms with van der Waals surface area (Å²) in [7, 11) is 0. The molecule has 4 aromatic rings. The minimum atomic E-state index is -4.54. The molecule has 0 radical (unpaired) electrons. The summed E-state index contributed by atoms with van der Waals surface area (Å²) >= 11 is 1.47. The molecule has 0 N–H and O–H groups in total. The Labute approximate surface area is 225 Å². The lowest BCUT2D eigenvalue weighted by Gasteiger charge is -2.37. The van der Waals surface area contributed by atoms with Crippen LogP contribution < -0.4 is 4.90 Å². The Morgan fingerprint density at radius 3 is 2.62 bits per heavy atom. The van der Waals surface area contributed by atoms with Crippen LogP contribution in [-0.2, 0) is 15.7 Å². The van der Waals surface area contributed by atoms with Gasteiger partial charge in [-0.3, -0.25) is 0 Å². The molecule has 7 rings (SSSR count). The van der Waals surface area contributed by atoms with Gasteiger partial charge in [-0.1, -0.05) is 34.7 Å². The number of nitrogens with zero attached hydrogens (tertiary/aromatic N) is 3. The number of rotatable bonds is 4. The second-order valence-corrected chi connectivity index (χ2v) is 11.7. The van der Waals surface area contributed by atoms with E-state index in [4.69, 9.17) is 14.0 Å². The molecule has 1 aliphatic carbocycles. The number of hydrogen-bond donors (Lipinski definition) is 0. The van der Waals surface area contributed by atoms with Crippen LogP contribution in [0.3, 0.4) is 0 Å². The minimum absolute atomic E-state index is 0.0445. The molecule has 11 heteroatoms. The van der Waals surface area contributed by atoms with Crippen LogP contribution in [0, 0.1) is 12.7 Å². The number of alkyl halides is 3. The Morgan fingerprint density at radius 1 is 1.10 bits per heavy atom. The van der Waals surface area contributed by atoms with Gasteiger partial charge in [0.05, 0.1) is 28.0 Å². The highest BCUT2D eigenvalue weighted by Gasteiger charge is 2.48. The van der Waals surface area contributed by atoms with Crippen LogP contribution in [0.25, 0.3) is 21.5 Å². The van der Waals surface area contributed by atoms with Gasteiger partial charge in [0.25, 0.3) is 0 Å². The third-order valence-corrected chi connectivity index (χ3v) is 8.87. The van der Waals surface area contributed by atoms with Crippen molar-refractivity contribution in [2.45, 2.75) is 56.6 Å². The third-order valence-electron chi connectivity index (χ3n) is 7.81. The molecule has 3 fully saturated rings. The topological polar surface area (TPSA) is 60.6 Å². The van der Waals surface area contributed by atoms with Crippen LogP contribution in [0.5, 0.6) is 0 Å². The van der Waals surface area contributed by atoms with Gasteiger partial charge in [0, 0.05) is 24.6 Å². The number of fused-ring (bicyclic) bond motifs is 1. The van der Waals surface area contributed by atoms with Crippen molar-refractivity contribution in [3.63, 3.8) is 0 Å². The normalized spacial score (nSPS) is 21.4. The lowest BCUT2D eigenvalue weighted by Crippen LogP contribution is -2.46. The largest absolute Gasteiger partial charge is 0.417 e. The fraction of sp³-hybridized carbons (Fsp3) is 0.429. The first kappa shape index (κ1) is 25.0. The fourth-order valence-corrected chi connectivity index (χ4v) is 6.71. The van der Waals surface area contributed by atoms with Crippen LogP contribution in [0.2, 0.25) is 0 Å². The molecule has 1 atom stereocenters. The van der Waals surface area contributed by atoms with Gasteiger partial charge in [-0.15, -0.1) is 0 Å². The number of thiazole rings is 1. The van der Waals surface area contributed by atoms with Crippen molar-refractivity contribution in [1.82, 2.24) is 10.1 Å². The molecule has 4 heterocycles.